The highest BCUT2D eigenvalue weighted by molar-refractivity contribution is 7.24. The maximum absolute atomic E-state index is 10.3. The molecule has 5 rings (SSSR count). The second-order valence-electron chi connectivity index (χ2n) is 15.4. The first kappa shape index (κ1) is 36.3. The smallest absolute Gasteiger partial charge is 0.113 e. The number of aromatic nitrogens is 2. The predicted molar refractivity (Wildman–Crippen MR) is 209 cm³/mol. The van der Waals surface area contributed by atoms with Gasteiger partial charge in [0.25, 0.3) is 0 Å². The van der Waals surface area contributed by atoms with Crippen LogP contribution >= 0.6 is 34.4 Å². The third-order valence-corrected chi connectivity index (χ3v) is 12.9. The van der Waals surface area contributed by atoms with Gasteiger partial charge in [0.15, 0.2) is 0 Å². The van der Waals surface area contributed by atoms with Gasteiger partial charge in [0, 0.05) is 61.7 Å². The Morgan fingerprint density at radius 3 is 1.83 bits per heavy atom. The van der Waals surface area contributed by atoms with E-state index in [1.165, 1.54) is 88.9 Å². The molecule has 0 atom stereocenters. The third-order valence-electron chi connectivity index (χ3n) is 9.46. The molecule has 0 aliphatic heterocycles. The minimum Gasteiger partial charge on any atom is -0.192 e. The molecule has 4 aromatic rings. The predicted octanol–water partition coefficient (Wildman–Crippen LogP) is 12.9. The van der Waals surface area contributed by atoms with E-state index in [0.717, 1.165) is 52.7 Å². The fourth-order valence-electron chi connectivity index (χ4n) is 6.78. The fourth-order valence-corrected chi connectivity index (χ4v) is 10.1. The zero-order valence-electron chi connectivity index (χ0n) is 30.3. The van der Waals surface area contributed by atoms with Crippen LogP contribution in [0, 0.1) is 35.0 Å². The van der Waals surface area contributed by atoms with E-state index in [4.69, 9.17) is 8.75 Å². The van der Waals surface area contributed by atoms with Crippen molar-refractivity contribution in [1.29, 1.82) is 5.26 Å². The lowest BCUT2D eigenvalue weighted by Gasteiger charge is -2.27. The lowest BCUT2D eigenvalue weighted by Crippen LogP contribution is -2.24. The number of nitrogens with zero attached hydrogens (tertiary/aromatic N) is 3. The van der Waals surface area contributed by atoms with Gasteiger partial charge in [-0.15, -0.1) is 46.4 Å². The molecule has 0 fully saturated rings. The van der Waals surface area contributed by atoms with Gasteiger partial charge in [-0.3, -0.25) is 0 Å². The highest BCUT2D eigenvalue weighted by Gasteiger charge is 2.46. The number of thiophene rings is 2. The molecule has 48 heavy (non-hydrogen) atoms. The number of hydrogen-bond donors (Lipinski definition) is 0. The normalized spacial score (nSPS) is 13.4. The Bertz CT molecular complexity index is 1880. The summed E-state index contributed by atoms with van der Waals surface area (Å²) < 4.78 is 9.55. The average molecular weight is 694 g/mol. The maximum Gasteiger partial charge on any atom is 0.113 e. The van der Waals surface area contributed by atoms with E-state index in [9.17, 15) is 5.26 Å². The van der Waals surface area contributed by atoms with Gasteiger partial charge in [0.1, 0.15) is 11.0 Å². The zero-order valence-corrected chi connectivity index (χ0v) is 32.7. The Kier molecular flexibility index (Phi) is 11.6. The summed E-state index contributed by atoms with van der Waals surface area (Å²) in [4.78, 5) is 5.27. The van der Waals surface area contributed by atoms with Gasteiger partial charge in [-0.2, -0.15) is 14.0 Å². The summed E-state index contributed by atoms with van der Waals surface area (Å²) in [6.07, 6.45) is 13.3. The summed E-state index contributed by atoms with van der Waals surface area (Å²) in [6.45, 7) is 17.9. The Hall–Kier alpha value is -2.95. The van der Waals surface area contributed by atoms with Crippen LogP contribution in [0.15, 0.2) is 18.2 Å². The van der Waals surface area contributed by atoms with Crippen LogP contribution in [0.1, 0.15) is 160 Å². The van der Waals surface area contributed by atoms with Crippen molar-refractivity contribution in [3.63, 3.8) is 0 Å². The lowest BCUT2D eigenvalue weighted by atomic mass is 9.73. The molecule has 0 bridgehead atoms. The number of fused-ring (bicyclic) bond motifs is 4. The molecule has 252 valence electrons. The van der Waals surface area contributed by atoms with Gasteiger partial charge in [-0.1, -0.05) is 93.9 Å². The number of hydrogen-bond acceptors (Lipinski definition) is 6. The zero-order chi connectivity index (χ0) is 34.5. The van der Waals surface area contributed by atoms with Crippen LogP contribution in [0.2, 0.25) is 0 Å². The molecular formula is C42H51N3S3. The molecule has 1 aliphatic carbocycles. The van der Waals surface area contributed by atoms with E-state index >= 15 is 0 Å². The standard InChI is InChI=1S/C42H51N3S3/c1-9-11-13-15-17-19-21-23-42(24-22-20-18-16-14-12-10-2)31-26-33(46-38(31)39-32(42)27-34(47-39)40(3,4)5)30-25-29(28-43)35(41(6,7)8)37-36(30)44-48-45-37/h25-27H,9-18,23-24H2,1-8H3. The second-order valence-corrected chi connectivity index (χ2v) is 18.0. The monoisotopic (exact) mass is 693 g/mol. The van der Waals surface area contributed by atoms with Crippen LogP contribution in [0.3, 0.4) is 0 Å². The van der Waals surface area contributed by atoms with E-state index in [1.807, 2.05) is 22.7 Å². The summed E-state index contributed by atoms with van der Waals surface area (Å²) in [7, 11) is 0. The van der Waals surface area contributed by atoms with Crippen LogP contribution in [0.4, 0.5) is 0 Å². The van der Waals surface area contributed by atoms with Crippen molar-refractivity contribution < 1.29 is 0 Å². The van der Waals surface area contributed by atoms with E-state index in [1.54, 1.807) is 0 Å². The Labute approximate surface area is 301 Å². The molecule has 0 N–H and O–H groups in total. The largest absolute Gasteiger partial charge is 0.192 e. The summed E-state index contributed by atoms with van der Waals surface area (Å²) in [6, 6.07) is 9.44. The maximum atomic E-state index is 10.3. The van der Waals surface area contributed by atoms with E-state index in [0.29, 0.717) is 5.56 Å². The molecule has 0 saturated carbocycles. The number of rotatable bonds is 11. The number of unbranched alkanes of at least 4 members (excludes halogenated alkanes) is 8. The molecule has 1 aromatic carbocycles. The summed E-state index contributed by atoms with van der Waals surface area (Å²) in [5.41, 5.74) is 6.74. The van der Waals surface area contributed by atoms with E-state index in [2.05, 4.69) is 103 Å². The molecule has 0 saturated heterocycles. The van der Waals surface area contributed by atoms with Crippen LogP contribution in [0.25, 0.3) is 31.2 Å². The van der Waals surface area contributed by atoms with Crippen molar-refractivity contribution in [2.24, 2.45) is 0 Å². The van der Waals surface area contributed by atoms with E-state index in [-0.39, 0.29) is 16.2 Å². The molecule has 0 amide bonds. The first-order valence-electron chi connectivity index (χ1n) is 17.9. The highest BCUT2D eigenvalue weighted by atomic mass is 32.1. The molecule has 6 heteroatoms. The van der Waals surface area contributed by atoms with Crippen molar-refractivity contribution in [1.82, 2.24) is 8.75 Å². The van der Waals surface area contributed by atoms with Crippen LogP contribution < -0.4 is 0 Å². The second kappa shape index (κ2) is 15.3. The van der Waals surface area contributed by atoms with Crippen LogP contribution in [0.5, 0.6) is 0 Å². The first-order valence-corrected chi connectivity index (χ1v) is 20.2. The summed E-state index contributed by atoms with van der Waals surface area (Å²) >= 11 is 5.02. The summed E-state index contributed by atoms with van der Waals surface area (Å²) in [5, 5.41) is 10.3. The quantitative estimate of drug-likeness (QED) is 0.116. The minimum absolute atomic E-state index is 0.0554. The molecule has 0 spiro atoms. The summed E-state index contributed by atoms with van der Waals surface area (Å²) in [5.74, 6) is 14.5. The van der Waals surface area contributed by atoms with Gasteiger partial charge in [0.2, 0.25) is 0 Å². The van der Waals surface area contributed by atoms with Crippen LogP contribution in [-0.2, 0) is 16.2 Å². The molecule has 3 heterocycles. The Morgan fingerprint density at radius 1 is 0.688 bits per heavy atom. The molecule has 3 aromatic heterocycles. The number of nitriles is 1. The molecule has 0 unspecified atom stereocenters. The van der Waals surface area contributed by atoms with Gasteiger partial charge in [-0.25, -0.2) is 0 Å². The van der Waals surface area contributed by atoms with Gasteiger partial charge in [-0.05, 0) is 53.0 Å². The van der Waals surface area contributed by atoms with Crippen molar-refractivity contribution in [3.8, 4) is 49.9 Å². The molecule has 0 radical (unpaired) electrons. The van der Waals surface area contributed by atoms with Crippen molar-refractivity contribution >= 4 is 45.4 Å². The minimum atomic E-state index is -0.283. The van der Waals surface area contributed by atoms with Gasteiger partial charge >= 0.3 is 0 Å². The van der Waals surface area contributed by atoms with Crippen molar-refractivity contribution in [2.45, 2.75) is 149 Å². The van der Waals surface area contributed by atoms with E-state index < -0.39 is 0 Å². The van der Waals surface area contributed by atoms with Crippen molar-refractivity contribution in [2.75, 3.05) is 0 Å². The molecule has 3 nitrogen and oxygen atoms in total. The SMILES string of the molecule is CCCCCCC#CCC1(CC#CCCCCCC)c2cc(-c3cc(C#N)c(C(C)(C)C)c4nsnc34)sc2-c2sc(C(C)(C)C)cc21. The first-order chi connectivity index (χ1) is 23.0. The number of benzene rings is 1. The highest BCUT2D eigenvalue weighted by Crippen LogP contribution is 2.60. The fraction of sp³-hybridized carbons (Fsp3) is 0.548. The molecular weight excluding hydrogens is 643 g/mol. The van der Waals surface area contributed by atoms with Crippen molar-refractivity contribution in [3.05, 3.63) is 45.3 Å². The topological polar surface area (TPSA) is 49.6 Å². The molecule has 1 aliphatic rings. The lowest BCUT2D eigenvalue weighted by molar-refractivity contribution is 0.556. The van der Waals surface area contributed by atoms with Gasteiger partial charge in [0.05, 0.1) is 23.4 Å². The Morgan fingerprint density at radius 2 is 1.27 bits per heavy atom. The van der Waals surface area contributed by atoms with Crippen LogP contribution in [-0.4, -0.2) is 8.75 Å². The van der Waals surface area contributed by atoms with Gasteiger partial charge < -0.3 is 0 Å². The average Bonchev–Trinajstić information content (AvgIpc) is 3.82. The Balaban J connectivity index is 1.65. The third kappa shape index (κ3) is 7.45.